The van der Waals surface area contributed by atoms with E-state index in [0.29, 0.717) is 44.0 Å². The molecule has 1 N–H and O–H groups in total. The average molecular weight is 653 g/mol. The lowest BCUT2D eigenvalue weighted by molar-refractivity contribution is -0.137. The standard InChI is InChI=1S/C37H40ClF3N2O3/c1-27(26-45-2)42-35(44)23-28-12-9-18-32(22-28)46-21-11-20-43(24-31-17-10-19-34(36(31)38)37(39,40)41)25-33(29-13-5-3-6-14-29)30-15-7-4-8-16-30/h3-10,12-19,22,27,33H,11,20-21,23-26H2,1-2H3,(H,42,44). The molecule has 0 saturated carbocycles. The van der Waals surface area contributed by atoms with Crippen molar-refractivity contribution in [3.8, 4) is 5.75 Å². The highest BCUT2D eigenvalue weighted by Crippen LogP contribution is 2.37. The first-order valence-corrected chi connectivity index (χ1v) is 15.7. The Morgan fingerprint density at radius 2 is 1.57 bits per heavy atom. The smallest absolute Gasteiger partial charge is 0.417 e. The number of amides is 1. The molecule has 0 fully saturated rings. The second kappa shape index (κ2) is 17.2. The molecule has 4 aromatic carbocycles. The molecule has 4 aromatic rings. The highest BCUT2D eigenvalue weighted by Gasteiger charge is 2.34. The van der Waals surface area contributed by atoms with Crippen LogP contribution in [0.25, 0.3) is 0 Å². The van der Waals surface area contributed by atoms with Crippen LogP contribution in [0, 0.1) is 0 Å². The molecule has 0 saturated heterocycles. The molecule has 244 valence electrons. The van der Waals surface area contributed by atoms with Gasteiger partial charge in [-0.3, -0.25) is 9.69 Å². The molecule has 46 heavy (non-hydrogen) atoms. The highest BCUT2D eigenvalue weighted by molar-refractivity contribution is 6.32. The van der Waals surface area contributed by atoms with Crippen LogP contribution in [0.5, 0.6) is 5.75 Å². The maximum Gasteiger partial charge on any atom is 0.417 e. The lowest BCUT2D eigenvalue weighted by atomic mass is 9.90. The van der Waals surface area contributed by atoms with Crippen LogP contribution in [0.3, 0.4) is 0 Å². The first kappa shape index (κ1) is 35.0. The van der Waals surface area contributed by atoms with Crippen LogP contribution in [0.15, 0.2) is 103 Å². The Morgan fingerprint density at radius 1 is 0.913 bits per heavy atom. The maximum atomic E-state index is 13.7. The Labute approximate surface area is 274 Å². The predicted molar refractivity (Wildman–Crippen MR) is 176 cm³/mol. The van der Waals surface area contributed by atoms with E-state index in [9.17, 15) is 18.0 Å². The van der Waals surface area contributed by atoms with E-state index in [2.05, 4.69) is 34.5 Å². The van der Waals surface area contributed by atoms with E-state index in [4.69, 9.17) is 21.1 Å². The number of nitrogens with zero attached hydrogens (tertiary/aromatic N) is 1. The Balaban J connectivity index is 1.47. The van der Waals surface area contributed by atoms with Crippen LogP contribution < -0.4 is 10.1 Å². The number of carbonyl (C=O) groups is 1. The normalized spacial score (nSPS) is 12.3. The summed E-state index contributed by atoms with van der Waals surface area (Å²) < 4.78 is 52.2. The fourth-order valence-electron chi connectivity index (χ4n) is 5.46. The van der Waals surface area contributed by atoms with Gasteiger partial charge in [0.1, 0.15) is 5.75 Å². The Morgan fingerprint density at radius 3 is 2.20 bits per heavy atom. The first-order chi connectivity index (χ1) is 22.1. The third-order valence-corrected chi connectivity index (χ3v) is 8.04. The Kier molecular flexibility index (Phi) is 13.1. The van der Waals surface area contributed by atoms with E-state index in [1.165, 1.54) is 6.07 Å². The van der Waals surface area contributed by atoms with Crippen molar-refractivity contribution < 1.29 is 27.4 Å². The molecule has 0 aromatic heterocycles. The lowest BCUT2D eigenvalue weighted by Gasteiger charge is -2.29. The number of rotatable bonds is 16. The summed E-state index contributed by atoms with van der Waals surface area (Å²) in [5.41, 5.74) is 2.64. The second-order valence-corrected chi connectivity index (χ2v) is 11.7. The van der Waals surface area contributed by atoms with Crippen LogP contribution >= 0.6 is 11.6 Å². The number of ether oxygens (including phenoxy) is 2. The molecule has 9 heteroatoms. The van der Waals surface area contributed by atoms with Crippen LogP contribution in [0.2, 0.25) is 5.02 Å². The zero-order chi connectivity index (χ0) is 32.9. The van der Waals surface area contributed by atoms with Crippen molar-refractivity contribution in [3.05, 3.63) is 136 Å². The molecule has 0 spiro atoms. The molecule has 0 aliphatic carbocycles. The van der Waals surface area contributed by atoms with Gasteiger partial charge in [-0.15, -0.1) is 0 Å². The lowest BCUT2D eigenvalue weighted by Crippen LogP contribution is -2.36. The summed E-state index contributed by atoms with van der Waals surface area (Å²) in [4.78, 5) is 14.5. The van der Waals surface area contributed by atoms with Gasteiger partial charge in [0.25, 0.3) is 0 Å². The van der Waals surface area contributed by atoms with Gasteiger partial charge in [0.15, 0.2) is 0 Å². The summed E-state index contributed by atoms with van der Waals surface area (Å²) in [7, 11) is 1.59. The van der Waals surface area contributed by atoms with Gasteiger partial charge in [-0.25, -0.2) is 0 Å². The SMILES string of the molecule is COCC(C)NC(=O)Cc1cccc(OCCCN(Cc2cccc(C(F)(F)F)c2Cl)CC(c2ccccc2)c2ccccc2)c1. The van der Waals surface area contributed by atoms with Crippen molar-refractivity contribution in [1.29, 1.82) is 0 Å². The van der Waals surface area contributed by atoms with E-state index in [1.807, 2.05) is 67.6 Å². The predicted octanol–water partition coefficient (Wildman–Crippen LogP) is 8.16. The van der Waals surface area contributed by atoms with Crippen LogP contribution in [0.1, 0.15) is 47.1 Å². The number of hydrogen-bond acceptors (Lipinski definition) is 4. The van der Waals surface area contributed by atoms with Gasteiger partial charge in [-0.1, -0.05) is 96.5 Å². The summed E-state index contributed by atoms with van der Waals surface area (Å²) in [6.45, 7) is 4.06. The molecule has 0 aliphatic rings. The van der Waals surface area contributed by atoms with Crippen LogP contribution in [0.4, 0.5) is 13.2 Å². The van der Waals surface area contributed by atoms with Gasteiger partial charge >= 0.3 is 6.18 Å². The summed E-state index contributed by atoms with van der Waals surface area (Å²) in [6, 6.07) is 31.6. The minimum atomic E-state index is -4.54. The molecule has 1 atom stereocenters. The van der Waals surface area contributed by atoms with Crippen molar-refractivity contribution >= 4 is 17.5 Å². The van der Waals surface area contributed by atoms with E-state index in [0.717, 1.165) is 22.8 Å². The number of nitrogens with one attached hydrogen (secondary N) is 1. The van der Waals surface area contributed by atoms with Crippen molar-refractivity contribution in [2.45, 2.75) is 44.4 Å². The van der Waals surface area contributed by atoms with E-state index in [1.54, 1.807) is 13.2 Å². The van der Waals surface area contributed by atoms with Crippen molar-refractivity contribution in [3.63, 3.8) is 0 Å². The number of halogens is 4. The fraction of sp³-hybridized carbons (Fsp3) is 0.324. The summed E-state index contributed by atoms with van der Waals surface area (Å²) in [5.74, 6) is 0.536. The van der Waals surface area contributed by atoms with Crippen molar-refractivity contribution in [1.82, 2.24) is 10.2 Å². The zero-order valence-electron chi connectivity index (χ0n) is 26.1. The summed E-state index contributed by atoms with van der Waals surface area (Å²) >= 11 is 6.34. The van der Waals surface area contributed by atoms with E-state index < -0.39 is 11.7 Å². The zero-order valence-corrected chi connectivity index (χ0v) is 26.9. The molecular weight excluding hydrogens is 613 g/mol. The molecule has 4 rings (SSSR count). The number of methoxy groups -OCH3 is 1. The van der Waals surface area contributed by atoms with Gasteiger partial charge in [-0.2, -0.15) is 13.2 Å². The number of benzene rings is 4. The maximum absolute atomic E-state index is 13.7. The molecule has 1 amide bonds. The van der Waals surface area contributed by atoms with Gasteiger partial charge in [0.05, 0.1) is 30.2 Å². The highest BCUT2D eigenvalue weighted by atomic mass is 35.5. The van der Waals surface area contributed by atoms with E-state index >= 15 is 0 Å². The molecule has 0 radical (unpaired) electrons. The minimum absolute atomic E-state index is 0.0117. The number of hydrogen-bond donors (Lipinski definition) is 1. The molecule has 5 nitrogen and oxygen atoms in total. The topological polar surface area (TPSA) is 50.8 Å². The Bertz CT molecular complexity index is 1480. The molecule has 1 unspecified atom stereocenters. The quantitative estimate of drug-likeness (QED) is 0.124. The van der Waals surface area contributed by atoms with Gasteiger partial charge in [0.2, 0.25) is 5.91 Å². The largest absolute Gasteiger partial charge is 0.494 e. The van der Waals surface area contributed by atoms with Gasteiger partial charge in [-0.05, 0) is 53.8 Å². The molecule has 0 heterocycles. The average Bonchev–Trinajstić information content (AvgIpc) is 3.03. The van der Waals surface area contributed by atoms with Crippen LogP contribution in [-0.4, -0.2) is 50.3 Å². The van der Waals surface area contributed by atoms with Crippen molar-refractivity contribution in [2.24, 2.45) is 0 Å². The molecule has 0 aliphatic heterocycles. The Hall–Kier alpha value is -3.85. The second-order valence-electron chi connectivity index (χ2n) is 11.3. The summed E-state index contributed by atoms with van der Waals surface area (Å²) in [6.07, 6.45) is -3.71. The minimum Gasteiger partial charge on any atom is -0.494 e. The monoisotopic (exact) mass is 652 g/mol. The first-order valence-electron chi connectivity index (χ1n) is 15.3. The van der Waals surface area contributed by atoms with Gasteiger partial charge in [0, 0.05) is 38.7 Å². The van der Waals surface area contributed by atoms with Gasteiger partial charge < -0.3 is 14.8 Å². The molecular formula is C37H40ClF3N2O3. The molecule has 0 bridgehead atoms. The summed E-state index contributed by atoms with van der Waals surface area (Å²) in [5, 5.41) is 2.63. The number of carbonyl (C=O) groups excluding carboxylic acids is 1. The van der Waals surface area contributed by atoms with Crippen molar-refractivity contribution in [2.75, 3.05) is 33.4 Å². The third-order valence-electron chi connectivity index (χ3n) is 7.60. The van der Waals surface area contributed by atoms with Crippen LogP contribution in [-0.2, 0) is 28.7 Å². The number of alkyl halides is 3. The van der Waals surface area contributed by atoms with E-state index in [-0.39, 0.29) is 35.9 Å². The fourth-order valence-corrected chi connectivity index (χ4v) is 5.75. The third kappa shape index (κ3) is 10.6.